The van der Waals surface area contributed by atoms with Crippen LogP contribution in [0.2, 0.25) is 0 Å². The number of hydrogen-bond donors (Lipinski definition) is 0. The van der Waals surface area contributed by atoms with Crippen molar-refractivity contribution in [3.05, 3.63) is 113 Å². The highest BCUT2D eigenvalue weighted by Crippen LogP contribution is 2.44. The average Bonchev–Trinajstić information content (AvgIpc) is 2.77. The number of fused-ring (bicyclic) bond motifs is 3. The first-order valence-corrected chi connectivity index (χ1v) is 9.12. The smallest absolute Gasteiger partial charge is 0.233 e. The Labute approximate surface area is 162 Å². The molecule has 3 aromatic carbocycles. The fourth-order valence-corrected chi connectivity index (χ4v) is 3.88. The number of carbonyl (C=O) groups is 2. The number of hydrogen-bond acceptors (Lipinski definition) is 3. The van der Waals surface area contributed by atoms with Crippen LogP contribution < -0.4 is 4.74 Å². The van der Waals surface area contributed by atoms with E-state index in [0.29, 0.717) is 11.3 Å². The molecule has 1 heterocycles. The maximum atomic E-state index is 12.2. The zero-order valence-electron chi connectivity index (χ0n) is 15.0. The highest BCUT2D eigenvalue weighted by atomic mass is 16.5. The number of ether oxygens (including phenoxy) is 1. The van der Waals surface area contributed by atoms with Crippen LogP contribution >= 0.6 is 0 Å². The molecule has 0 radical (unpaired) electrons. The van der Waals surface area contributed by atoms with Gasteiger partial charge in [0, 0.05) is 22.3 Å². The van der Waals surface area contributed by atoms with Gasteiger partial charge in [0.15, 0.2) is 5.60 Å². The van der Waals surface area contributed by atoms with Gasteiger partial charge < -0.3 is 4.74 Å². The van der Waals surface area contributed by atoms with Crippen LogP contribution in [0.3, 0.4) is 0 Å². The Morgan fingerprint density at radius 1 is 0.643 bits per heavy atom. The number of carbonyl (C=O) groups excluding carboxylic acids is 2. The van der Waals surface area contributed by atoms with Crippen LogP contribution in [-0.2, 0) is 10.4 Å². The Hall–Kier alpha value is -3.72. The third-order valence-electron chi connectivity index (χ3n) is 5.28. The number of Topliss-reactive ketones (excluding diaryl/α,β-unsaturated/α-hetero) is 1. The Morgan fingerprint density at radius 2 is 1.29 bits per heavy atom. The normalized spacial score (nSPS) is 16.3. The molecule has 3 nitrogen and oxygen atoms in total. The Morgan fingerprint density at radius 3 is 1.93 bits per heavy atom. The molecule has 0 spiro atoms. The lowest BCUT2D eigenvalue weighted by Crippen LogP contribution is -2.34. The number of ketones is 2. The number of benzene rings is 3. The topological polar surface area (TPSA) is 43.4 Å². The monoisotopic (exact) mass is 364 g/mol. The lowest BCUT2D eigenvalue weighted by atomic mass is 9.82. The van der Waals surface area contributed by atoms with Crippen LogP contribution in [0.15, 0.2) is 84.9 Å². The van der Waals surface area contributed by atoms with E-state index >= 15 is 0 Å². The van der Waals surface area contributed by atoms with Gasteiger partial charge in [0.25, 0.3) is 0 Å². The Kier molecular flexibility index (Phi) is 3.63. The predicted octanol–water partition coefficient (Wildman–Crippen LogP) is 4.81. The minimum Gasteiger partial charge on any atom is -0.473 e. The van der Waals surface area contributed by atoms with Crippen LogP contribution in [0.1, 0.15) is 32.6 Å². The van der Waals surface area contributed by atoms with Crippen molar-refractivity contribution in [2.45, 2.75) is 5.60 Å². The number of allylic oxidation sites excluding steroid dienone is 1. The highest BCUT2D eigenvalue weighted by Gasteiger charge is 2.38. The molecule has 0 N–H and O–H groups in total. The van der Waals surface area contributed by atoms with Gasteiger partial charge in [0.05, 0.1) is 0 Å². The Bertz CT molecular complexity index is 1120. The van der Waals surface area contributed by atoms with E-state index in [1.165, 1.54) is 6.08 Å². The molecule has 0 fully saturated rings. The molecule has 3 heteroatoms. The summed E-state index contributed by atoms with van der Waals surface area (Å²) in [4.78, 5) is 23.9. The van der Waals surface area contributed by atoms with E-state index in [0.717, 1.165) is 22.3 Å². The fraction of sp³-hybridized carbons (Fsp3) is 0.0400. The zero-order valence-corrected chi connectivity index (χ0v) is 15.0. The first-order chi connectivity index (χ1) is 13.7. The van der Waals surface area contributed by atoms with E-state index in [1.54, 1.807) is 18.2 Å². The maximum absolute atomic E-state index is 12.2. The van der Waals surface area contributed by atoms with Gasteiger partial charge >= 0.3 is 0 Å². The van der Waals surface area contributed by atoms with Gasteiger partial charge in [-0.3, -0.25) is 9.59 Å². The molecule has 1 aliphatic heterocycles. The molecule has 0 bridgehead atoms. The van der Waals surface area contributed by atoms with Crippen molar-refractivity contribution in [3.63, 3.8) is 0 Å². The van der Waals surface area contributed by atoms with Crippen LogP contribution in [0, 0.1) is 0 Å². The minimum atomic E-state index is -0.762. The maximum Gasteiger partial charge on any atom is 0.233 e. The van der Waals surface area contributed by atoms with E-state index in [1.807, 2.05) is 72.8 Å². The summed E-state index contributed by atoms with van der Waals surface area (Å²) in [5, 5.41) is 0. The number of rotatable bonds is 2. The van der Waals surface area contributed by atoms with Crippen LogP contribution in [0.25, 0.3) is 12.2 Å². The third-order valence-corrected chi connectivity index (χ3v) is 5.28. The molecule has 134 valence electrons. The summed E-state index contributed by atoms with van der Waals surface area (Å²) in [7, 11) is 0. The first kappa shape index (κ1) is 16.5. The van der Waals surface area contributed by atoms with Gasteiger partial charge in [-0.25, -0.2) is 0 Å². The first-order valence-electron chi connectivity index (χ1n) is 9.12. The summed E-state index contributed by atoms with van der Waals surface area (Å²) < 4.78 is 6.60. The molecule has 1 aliphatic carbocycles. The quantitative estimate of drug-likeness (QED) is 0.613. The molecular weight excluding hydrogens is 348 g/mol. The highest BCUT2D eigenvalue weighted by molar-refractivity contribution is 6.50. The second-order valence-electron chi connectivity index (χ2n) is 6.87. The predicted molar refractivity (Wildman–Crippen MR) is 108 cm³/mol. The van der Waals surface area contributed by atoms with Crippen LogP contribution in [-0.4, -0.2) is 11.6 Å². The van der Waals surface area contributed by atoms with E-state index in [2.05, 4.69) is 0 Å². The van der Waals surface area contributed by atoms with Gasteiger partial charge in [-0.15, -0.1) is 0 Å². The van der Waals surface area contributed by atoms with Crippen molar-refractivity contribution in [2.24, 2.45) is 0 Å². The molecule has 3 aromatic rings. The lowest BCUT2D eigenvalue weighted by molar-refractivity contribution is -0.110. The second kappa shape index (κ2) is 6.17. The van der Waals surface area contributed by atoms with Gasteiger partial charge in [0.1, 0.15) is 5.75 Å². The van der Waals surface area contributed by atoms with Gasteiger partial charge in [-0.05, 0) is 42.0 Å². The van der Waals surface area contributed by atoms with Crippen LogP contribution in [0.5, 0.6) is 5.75 Å². The van der Waals surface area contributed by atoms with E-state index in [9.17, 15) is 9.59 Å². The zero-order chi connectivity index (χ0) is 19.1. The van der Waals surface area contributed by atoms with E-state index in [-0.39, 0.29) is 0 Å². The molecule has 0 saturated carbocycles. The van der Waals surface area contributed by atoms with E-state index in [4.69, 9.17) is 4.74 Å². The molecule has 0 amide bonds. The molecule has 0 saturated heterocycles. The molecule has 5 rings (SSSR count). The largest absolute Gasteiger partial charge is 0.473 e. The summed E-state index contributed by atoms with van der Waals surface area (Å²) >= 11 is 0. The van der Waals surface area contributed by atoms with Crippen LogP contribution in [0.4, 0.5) is 0 Å². The summed E-state index contributed by atoms with van der Waals surface area (Å²) in [6.45, 7) is 0. The fourth-order valence-electron chi connectivity index (χ4n) is 3.88. The van der Waals surface area contributed by atoms with Crippen molar-refractivity contribution in [2.75, 3.05) is 0 Å². The average molecular weight is 364 g/mol. The standard InChI is InChI=1S/C25H16O3/c26-22-13-11-19-20-15-16-25(17-7-3-1-4-8-17,18-9-5-2-6-10-18)28-23(20)14-12-21(19)24(22)27/h1-16H. The summed E-state index contributed by atoms with van der Waals surface area (Å²) in [6, 6.07) is 23.6. The van der Waals surface area contributed by atoms with Gasteiger partial charge in [-0.1, -0.05) is 60.7 Å². The van der Waals surface area contributed by atoms with Crippen molar-refractivity contribution in [1.82, 2.24) is 0 Å². The molecule has 28 heavy (non-hydrogen) atoms. The summed E-state index contributed by atoms with van der Waals surface area (Å²) in [5.41, 5.74) is 3.24. The van der Waals surface area contributed by atoms with E-state index < -0.39 is 17.2 Å². The second-order valence-corrected chi connectivity index (χ2v) is 6.87. The third kappa shape index (κ3) is 2.37. The summed E-state index contributed by atoms with van der Waals surface area (Å²) in [6.07, 6.45) is 7.04. The van der Waals surface area contributed by atoms with Gasteiger partial charge in [-0.2, -0.15) is 0 Å². The summed E-state index contributed by atoms with van der Waals surface area (Å²) in [5.74, 6) is -0.284. The van der Waals surface area contributed by atoms with Crippen molar-refractivity contribution >= 4 is 23.7 Å². The van der Waals surface area contributed by atoms with Gasteiger partial charge in [0.2, 0.25) is 11.6 Å². The minimum absolute atomic E-state index is 0.423. The van der Waals surface area contributed by atoms with Crippen molar-refractivity contribution in [1.29, 1.82) is 0 Å². The van der Waals surface area contributed by atoms with Crippen molar-refractivity contribution < 1.29 is 14.3 Å². The molecule has 2 aliphatic rings. The lowest BCUT2D eigenvalue weighted by Gasteiger charge is -2.36. The Balaban J connectivity index is 1.71. The molecule has 0 unspecified atom stereocenters. The SMILES string of the molecule is O=C1C=Cc2c(ccc3c2C=CC(c2ccccc2)(c2ccccc2)O3)C1=O. The molecule has 0 aromatic heterocycles. The molecular formula is C25H16O3. The van der Waals surface area contributed by atoms with Crippen molar-refractivity contribution in [3.8, 4) is 5.75 Å². The molecule has 0 atom stereocenters.